The van der Waals surface area contributed by atoms with Gasteiger partial charge in [-0.25, -0.2) is 20.0 Å². The second kappa shape index (κ2) is 7.43. The van der Waals surface area contributed by atoms with Crippen LogP contribution in [0.2, 0.25) is 0 Å². The Labute approximate surface area is 135 Å². The molecular weight excluding hydrogens is 316 g/mol. The second-order valence-electron chi connectivity index (χ2n) is 4.01. The normalized spacial score (nSPS) is 11.3. The molecule has 3 aromatic rings. The van der Waals surface area contributed by atoms with E-state index in [4.69, 9.17) is 0 Å². The van der Waals surface area contributed by atoms with Crippen molar-refractivity contribution in [3.63, 3.8) is 0 Å². The van der Waals surface area contributed by atoms with Crippen LogP contribution in [0.25, 0.3) is 0 Å². The highest BCUT2D eigenvalue weighted by Crippen LogP contribution is 2.16. The summed E-state index contributed by atoms with van der Waals surface area (Å²) in [5.41, 5.74) is 1.89. The van der Waals surface area contributed by atoms with Crippen LogP contribution in [0.4, 0.5) is 21.6 Å². The molecule has 0 radical (unpaired) electrons. The molecule has 1 aromatic carbocycles. The zero-order valence-corrected chi connectivity index (χ0v) is 13.0. The smallest absolute Gasteiger partial charge is 0.210 e. The van der Waals surface area contributed by atoms with Gasteiger partial charge < -0.3 is 10.6 Å². The molecule has 0 aliphatic rings. The number of rotatable bonds is 6. The van der Waals surface area contributed by atoms with E-state index in [1.165, 1.54) is 22.7 Å². The van der Waals surface area contributed by atoms with Crippen molar-refractivity contribution in [2.75, 3.05) is 10.6 Å². The minimum Gasteiger partial charge on any atom is -0.346 e. The SMILES string of the molecule is C(=N\c1nccs1)/Nc1ccc(N/C=N/c2nccs2)cc1. The third-order valence-corrected chi connectivity index (χ3v) is 3.89. The number of nitrogens with zero attached hydrogens (tertiary/aromatic N) is 4. The maximum absolute atomic E-state index is 4.19. The molecule has 3 rings (SSSR count). The van der Waals surface area contributed by atoms with Crippen molar-refractivity contribution < 1.29 is 0 Å². The summed E-state index contributed by atoms with van der Waals surface area (Å²) in [5.74, 6) is 0. The monoisotopic (exact) mass is 328 g/mol. The van der Waals surface area contributed by atoms with Gasteiger partial charge in [0.25, 0.3) is 0 Å². The standard InChI is InChI=1S/C14H12N6S2/c1-2-12(18-10-20-14-16-6-8-22-14)4-3-11(1)17-9-19-13-15-5-7-21-13/h1-10H,(H,15,17,19)(H,16,18,20). The van der Waals surface area contributed by atoms with Crippen LogP contribution in [0, 0.1) is 0 Å². The molecule has 0 aliphatic carbocycles. The van der Waals surface area contributed by atoms with Gasteiger partial charge in [-0.1, -0.05) is 0 Å². The summed E-state index contributed by atoms with van der Waals surface area (Å²) in [4.78, 5) is 16.5. The van der Waals surface area contributed by atoms with Gasteiger partial charge in [0.05, 0.1) is 12.7 Å². The van der Waals surface area contributed by atoms with Gasteiger partial charge in [0.2, 0.25) is 10.3 Å². The molecule has 0 amide bonds. The summed E-state index contributed by atoms with van der Waals surface area (Å²) in [6.07, 6.45) is 6.71. The first-order chi connectivity index (χ1) is 10.9. The van der Waals surface area contributed by atoms with Crippen molar-refractivity contribution in [1.29, 1.82) is 0 Å². The molecule has 0 fully saturated rings. The van der Waals surface area contributed by atoms with E-state index in [1.807, 2.05) is 35.0 Å². The van der Waals surface area contributed by atoms with E-state index < -0.39 is 0 Å². The molecule has 22 heavy (non-hydrogen) atoms. The van der Waals surface area contributed by atoms with Gasteiger partial charge >= 0.3 is 0 Å². The summed E-state index contributed by atoms with van der Waals surface area (Å²) in [6, 6.07) is 7.81. The van der Waals surface area contributed by atoms with Crippen LogP contribution in [-0.4, -0.2) is 22.6 Å². The van der Waals surface area contributed by atoms with Crippen molar-refractivity contribution in [3.05, 3.63) is 47.4 Å². The molecule has 2 aromatic heterocycles. The summed E-state index contributed by atoms with van der Waals surface area (Å²) in [6.45, 7) is 0. The van der Waals surface area contributed by atoms with E-state index in [2.05, 4.69) is 30.6 Å². The number of aromatic nitrogens is 2. The summed E-state index contributed by atoms with van der Waals surface area (Å²) in [7, 11) is 0. The largest absolute Gasteiger partial charge is 0.346 e. The molecule has 0 aliphatic heterocycles. The molecule has 0 atom stereocenters. The maximum Gasteiger partial charge on any atom is 0.210 e. The maximum atomic E-state index is 4.19. The Balaban J connectivity index is 1.51. The second-order valence-corrected chi connectivity index (χ2v) is 5.76. The van der Waals surface area contributed by atoms with E-state index in [0.29, 0.717) is 0 Å². The number of anilines is 2. The topological polar surface area (TPSA) is 74.6 Å². The summed E-state index contributed by atoms with van der Waals surface area (Å²) in [5, 5.41) is 11.4. The zero-order chi connectivity index (χ0) is 15.0. The number of hydrogen-bond donors (Lipinski definition) is 2. The van der Waals surface area contributed by atoms with Crippen molar-refractivity contribution in [2.45, 2.75) is 0 Å². The summed E-state index contributed by atoms with van der Waals surface area (Å²) < 4.78 is 0. The lowest BCUT2D eigenvalue weighted by molar-refractivity contribution is 1.36. The van der Waals surface area contributed by atoms with Crippen LogP contribution >= 0.6 is 22.7 Å². The van der Waals surface area contributed by atoms with E-state index in [-0.39, 0.29) is 0 Å². The van der Waals surface area contributed by atoms with Crippen LogP contribution in [0.1, 0.15) is 0 Å². The van der Waals surface area contributed by atoms with E-state index in [0.717, 1.165) is 21.6 Å². The molecule has 0 spiro atoms. The highest BCUT2D eigenvalue weighted by atomic mass is 32.1. The molecule has 8 heteroatoms. The van der Waals surface area contributed by atoms with E-state index in [1.54, 1.807) is 25.1 Å². The lowest BCUT2D eigenvalue weighted by Gasteiger charge is -2.02. The first-order valence-corrected chi connectivity index (χ1v) is 8.13. The van der Waals surface area contributed by atoms with E-state index in [9.17, 15) is 0 Å². The van der Waals surface area contributed by atoms with Crippen molar-refractivity contribution in [2.24, 2.45) is 9.98 Å². The third kappa shape index (κ3) is 4.21. The van der Waals surface area contributed by atoms with Gasteiger partial charge in [-0.3, -0.25) is 0 Å². The minimum absolute atomic E-state index is 0.726. The van der Waals surface area contributed by atoms with Gasteiger partial charge in [0, 0.05) is 34.5 Å². The molecular formula is C14H12N6S2. The zero-order valence-electron chi connectivity index (χ0n) is 11.4. The molecule has 0 unspecified atom stereocenters. The van der Waals surface area contributed by atoms with Crippen LogP contribution in [0.5, 0.6) is 0 Å². The van der Waals surface area contributed by atoms with Crippen molar-refractivity contribution in [1.82, 2.24) is 9.97 Å². The van der Waals surface area contributed by atoms with E-state index >= 15 is 0 Å². The Hall–Kier alpha value is -2.58. The highest BCUT2D eigenvalue weighted by Gasteiger charge is 1.93. The summed E-state index contributed by atoms with van der Waals surface area (Å²) >= 11 is 2.98. The highest BCUT2D eigenvalue weighted by molar-refractivity contribution is 7.13. The van der Waals surface area contributed by atoms with Gasteiger partial charge in [-0.2, -0.15) is 0 Å². The molecule has 2 N–H and O–H groups in total. The molecule has 6 nitrogen and oxygen atoms in total. The molecule has 110 valence electrons. The van der Waals surface area contributed by atoms with Crippen LogP contribution in [0.3, 0.4) is 0 Å². The van der Waals surface area contributed by atoms with Gasteiger partial charge in [0.15, 0.2) is 0 Å². The fraction of sp³-hybridized carbons (Fsp3) is 0. The Morgan fingerprint density at radius 3 is 1.59 bits per heavy atom. The number of aliphatic imine (C=N–C) groups is 2. The van der Waals surface area contributed by atoms with Crippen LogP contribution in [-0.2, 0) is 0 Å². The Kier molecular flexibility index (Phi) is 4.85. The molecule has 0 saturated carbocycles. The van der Waals surface area contributed by atoms with Crippen molar-refractivity contribution >= 4 is 57.0 Å². The predicted molar refractivity (Wildman–Crippen MR) is 94.2 cm³/mol. The first-order valence-electron chi connectivity index (χ1n) is 6.37. The van der Waals surface area contributed by atoms with Gasteiger partial charge in [-0.15, -0.1) is 22.7 Å². The number of nitrogens with one attached hydrogen (secondary N) is 2. The minimum atomic E-state index is 0.726. The lowest BCUT2D eigenvalue weighted by Crippen LogP contribution is -1.96. The number of benzene rings is 1. The van der Waals surface area contributed by atoms with Gasteiger partial charge in [-0.05, 0) is 24.3 Å². The molecule has 0 saturated heterocycles. The average molecular weight is 328 g/mol. The third-order valence-electron chi connectivity index (χ3n) is 2.54. The first kappa shape index (κ1) is 14.4. The molecule has 2 heterocycles. The quantitative estimate of drug-likeness (QED) is 0.527. The fourth-order valence-corrected chi connectivity index (χ4v) is 2.50. The van der Waals surface area contributed by atoms with Crippen molar-refractivity contribution in [3.8, 4) is 0 Å². The number of thiazole rings is 2. The van der Waals surface area contributed by atoms with Crippen LogP contribution < -0.4 is 10.6 Å². The Morgan fingerprint density at radius 1 is 0.773 bits per heavy atom. The Bertz CT molecular complexity index is 667. The predicted octanol–water partition coefficient (Wildman–Crippen LogP) is 4.14. The Morgan fingerprint density at radius 2 is 1.23 bits per heavy atom. The fourth-order valence-electron chi connectivity index (χ4n) is 1.55. The average Bonchev–Trinajstić information content (AvgIpc) is 3.22. The lowest BCUT2D eigenvalue weighted by atomic mass is 10.3. The van der Waals surface area contributed by atoms with Gasteiger partial charge in [0.1, 0.15) is 0 Å². The van der Waals surface area contributed by atoms with Crippen LogP contribution in [0.15, 0.2) is 57.4 Å². The molecule has 0 bridgehead atoms. The number of hydrogen-bond acceptors (Lipinski definition) is 6.